The van der Waals surface area contributed by atoms with E-state index in [1.54, 1.807) is 6.07 Å². The number of hydrogen-bond donors (Lipinski definition) is 1. The summed E-state index contributed by atoms with van der Waals surface area (Å²) in [5, 5.41) is 14.1. The van der Waals surface area contributed by atoms with Gasteiger partial charge in [-0.05, 0) is 25.1 Å². The molecule has 2 aromatic carbocycles. The SMILES string of the molecule is CCOc1ccccc1CNc1ccc(Cl)c([N+](=O)[O-])c1. The molecule has 110 valence electrons. The third kappa shape index (κ3) is 3.86. The van der Waals surface area contributed by atoms with Crippen molar-refractivity contribution < 1.29 is 9.66 Å². The lowest BCUT2D eigenvalue weighted by Gasteiger charge is -2.11. The molecule has 0 heterocycles. The second kappa shape index (κ2) is 6.95. The van der Waals surface area contributed by atoms with E-state index >= 15 is 0 Å². The van der Waals surface area contributed by atoms with Gasteiger partial charge in [-0.1, -0.05) is 29.8 Å². The summed E-state index contributed by atoms with van der Waals surface area (Å²) in [5.41, 5.74) is 1.51. The lowest BCUT2D eigenvalue weighted by Crippen LogP contribution is -2.03. The number of benzene rings is 2. The van der Waals surface area contributed by atoms with Crippen molar-refractivity contribution >= 4 is 23.0 Å². The minimum Gasteiger partial charge on any atom is -0.494 e. The maximum Gasteiger partial charge on any atom is 0.289 e. The molecule has 0 spiro atoms. The Kier molecular flexibility index (Phi) is 5.00. The monoisotopic (exact) mass is 306 g/mol. The van der Waals surface area contributed by atoms with Gasteiger partial charge in [-0.2, -0.15) is 0 Å². The largest absolute Gasteiger partial charge is 0.494 e. The zero-order chi connectivity index (χ0) is 15.2. The van der Waals surface area contributed by atoms with E-state index in [1.165, 1.54) is 12.1 Å². The quantitative estimate of drug-likeness (QED) is 0.640. The molecular formula is C15H15ClN2O3. The van der Waals surface area contributed by atoms with E-state index in [9.17, 15) is 10.1 Å². The van der Waals surface area contributed by atoms with E-state index in [-0.39, 0.29) is 10.7 Å². The number of ether oxygens (including phenoxy) is 1. The number of nitrogens with one attached hydrogen (secondary N) is 1. The number of halogens is 1. The maximum atomic E-state index is 10.9. The van der Waals surface area contributed by atoms with Gasteiger partial charge in [0.2, 0.25) is 0 Å². The fraction of sp³-hybridized carbons (Fsp3) is 0.200. The summed E-state index contributed by atoms with van der Waals surface area (Å²) in [4.78, 5) is 10.4. The van der Waals surface area contributed by atoms with Crippen molar-refractivity contribution in [2.75, 3.05) is 11.9 Å². The van der Waals surface area contributed by atoms with E-state index in [0.717, 1.165) is 11.3 Å². The van der Waals surface area contributed by atoms with Crippen LogP contribution in [0.3, 0.4) is 0 Å². The van der Waals surface area contributed by atoms with E-state index in [0.29, 0.717) is 18.8 Å². The van der Waals surface area contributed by atoms with Gasteiger partial charge >= 0.3 is 0 Å². The normalized spacial score (nSPS) is 10.2. The minimum absolute atomic E-state index is 0.111. The minimum atomic E-state index is -0.498. The third-order valence-corrected chi connectivity index (χ3v) is 3.22. The van der Waals surface area contributed by atoms with Gasteiger partial charge in [-0.25, -0.2) is 0 Å². The van der Waals surface area contributed by atoms with Crippen LogP contribution in [-0.2, 0) is 6.54 Å². The summed E-state index contributed by atoms with van der Waals surface area (Å²) >= 11 is 5.79. The molecule has 0 radical (unpaired) electrons. The molecule has 0 atom stereocenters. The fourth-order valence-electron chi connectivity index (χ4n) is 1.91. The zero-order valence-corrected chi connectivity index (χ0v) is 12.3. The van der Waals surface area contributed by atoms with Crippen molar-refractivity contribution in [1.82, 2.24) is 0 Å². The van der Waals surface area contributed by atoms with E-state index in [4.69, 9.17) is 16.3 Å². The Hall–Kier alpha value is -2.27. The zero-order valence-electron chi connectivity index (χ0n) is 11.5. The number of nitro benzene ring substituents is 1. The first-order valence-corrected chi connectivity index (χ1v) is 6.88. The van der Waals surface area contributed by atoms with Gasteiger partial charge < -0.3 is 10.1 Å². The Morgan fingerprint density at radius 1 is 1.29 bits per heavy atom. The van der Waals surface area contributed by atoms with Crippen LogP contribution in [0.1, 0.15) is 12.5 Å². The highest BCUT2D eigenvalue weighted by Gasteiger charge is 2.12. The summed E-state index contributed by atoms with van der Waals surface area (Å²) in [6, 6.07) is 12.3. The Morgan fingerprint density at radius 2 is 2.05 bits per heavy atom. The molecule has 6 heteroatoms. The van der Waals surface area contributed by atoms with Crippen molar-refractivity contribution in [3.05, 3.63) is 63.2 Å². The Balaban J connectivity index is 2.13. The van der Waals surface area contributed by atoms with Gasteiger partial charge in [0, 0.05) is 23.9 Å². The molecule has 0 saturated carbocycles. The van der Waals surface area contributed by atoms with Crippen LogP contribution in [0.5, 0.6) is 5.75 Å². The molecule has 2 rings (SSSR count). The van der Waals surface area contributed by atoms with Gasteiger partial charge in [0.05, 0.1) is 11.5 Å². The molecule has 0 saturated heterocycles. The molecule has 2 aromatic rings. The number of anilines is 1. The Labute approximate surface area is 127 Å². The molecule has 5 nitrogen and oxygen atoms in total. The van der Waals surface area contributed by atoms with E-state index in [1.807, 2.05) is 31.2 Å². The summed E-state index contributed by atoms with van der Waals surface area (Å²) in [6.45, 7) is 3.02. The van der Waals surface area contributed by atoms with Gasteiger partial charge in [0.25, 0.3) is 5.69 Å². The molecule has 0 aliphatic carbocycles. The van der Waals surface area contributed by atoms with E-state index in [2.05, 4.69) is 5.32 Å². The second-order valence-corrected chi connectivity index (χ2v) is 4.72. The topological polar surface area (TPSA) is 64.4 Å². The number of nitrogens with zero attached hydrogens (tertiary/aromatic N) is 1. The van der Waals surface area contributed by atoms with Crippen molar-refractivity contribution in [3.8, 4) is 5.75 Å². The fourth-order valence-corrected chi connectivity index (χ4v) is 2.09. The summed E-state index contributed by atoms with van der Waals surface area (Å²) in [6.07, 6.45) is 0. The molecule has 0 amide bonds. The average molecular weight is 307 g/mol. The maximum absolute atomic E-state index is 10.9. The summed E-state index contributed by atoms with van der Waals surface area (Å²) < 4.78 is 5.54. The van der Waals surface area contributed by atoms with Crippen molar-refractivity contribution in [1.29, 1.82) is 0 Å². The molecule has 0 bridgehead atoms. The van der Waals surface area contributed by atoms with Gasteiger partial charge in [0.1, 0.15) is 10.8 Å². The highest BCUT2D eigenvalue weighted by molar-refractivity contribution is 6.32. The number of rotatable bonds is 6. The van der Waals surface area contributed by atoms with Gasteiger partial charge in [0.15, 0.2) is 0 Å². The van der Waals surface area contributed by atoms with Crippen LogP contribution >= 0.6 is 11.6 Å². The van der Waals surface area contributed by atoms with Gasteiger partial charge in [-0.3, -0.25) is 10.1 Å². The molecule has 0 aliphatic heterocycles. The molecular weight excluding hydrogens is 292 g/mol. The van der Waals surface area contributed by atoms with Gasteiger partial charge in [-0.15, -0.1) is 0 Å². The van der Waals surface area contributed by atoms with E-state index < -0.39 is 4.92 Å². The molecule has 0 fully saturated rings. The summed E-state index contributed by atoms with van der Waals surface area (Å²) in [5.74, 6) is 0.802. The molecule has 0 aromatic heterocycles. The Morgan fingerprint density at radius 3 is 2.76 bits per heavy atom. The highest BCUT2D eigenvalue weighted by Crippen LogP contribution is 2.28. The summed E-state index contributed by atoms with van der Waals surface area (Å²) in [7, 11) is 0. The van der Waals surface area contributed by atoms with Crippen LogP contribution in [0.4, 0.5) is 11.4 Å². The first-order chi connectivity index (χ1) is 10.1. The standard InChI is InChI=1S/C15H15ClN2O3/c1-2-21-15-6-4-3-5-11(15)10-17-12-7-8-13(16)14(9-12)18(19)20/h3-9,17H,2,10H2,1H3. The molecule has 21 heavy (non-hydrogen) atoms. The van der Waals surface area contributed by atoms with Crippen molar-refractivity contribution in [3.63, 3.8) is 0 Å². The lowest BCUT2D eigenvalue weighted by molar-refractivity contribution is -0.384. The smallest absolute Gasteiger partial charge is 0.289 e. The van der Waals surface area contributed by atoms with Crippen LogP contribution in [0, 0.1) is 10.1 Å². The lowest BCUT2D eigenvalue weighted by atomic mass is 10.2. The first-order valence-electron chi connectivity index (χ1n) is 6.50. The molecule has 0 unspecified atom stereocenters. The number of para-hydroxylation sites is 1. The second-order valence-electron chi connectivity index (χ2n) is 4.32. The van der Waals surface area contributed by atoms with Crippen LogP contribution in [0.2, 0.25) is 5.02 Å². The molecule has 0 aliphatic rings. The number of hydrogen-bond acceptors (Lipinski definition) is 4. The molecule has 1 N–H and O–H groups in total. The first kappa shape index (κ1) is 15.1. The van der Waals surface area contributed by atoms with Crippen LogP contribution in [0.15, 0.2) is 42.5 Å². The van der Waals surface area contributed by atoms with Crippen LogP contribution < -0.4 is 10.1 Å². The predicted octanol–water partition coefficient (Wildman–Crippen LogP) is 4.26. The van der Waals surface area contributed by atoms with Crippen molar-refractivity contribution in [2.45, 2.75) is 13.5 Å². The average Bonchev–Trinajstić information content (AvgIpc) is 2.47. The predicted molar refractivity (Wildman–Crippen MR) is 83.0 cm³/mol. The van der Waals surface area contributed by atoms with Crippen molar-refractivity contribution in [2.24, 2.45) is 0 Å². The third-order valence-electron chi connectivity index (χ3n) is 2.90. The highest BCUT2D eigenvalue weighted by atomic mass is 35.5. The number of nitro groups is 1. The van der Waals surface area contributed by atoms with Crippen LogP contribution in [0.25, 0.3) is 0 Å². The van der Waals surface area contributed by atoms with Crippen LogP contribution in [-0.4, -0.2) is 11.5 Å². The Bertz CT molecular complexity index is 647.